The van der Waals surface area contributed by atoms with Gasteiger partial charge in [-0.05, 0) is 35.4 Å². The highest BCUT2D eigenvalue weighted by atomic mass is 79.9. The van der Waals surface area contributed by atoms with Crippen LogP contribution in [0.1, 0.15) is 31.9 Å². The van der Waals surface area contributed by atoms with E-state index in [0.717, 1.165) is 16.5 Å². The highest BCUT2D eigenvalue weighted by Crippen LogP contribution is 2.57. The average molecular weight is 255 g/mol. The second-order valence-electron chi connectivity index (χ2n) is 4.80. The zero-order chi connectivity index (χ0) is 10.3. The molecule has 1 fully saturated rings. The summed E-state index contributed by atoms with van der Waals surface area (Å²) in [5.74, 6) is 0.428. The summed E-state index contributed by atoms with van der Waals surface area (Å²) < 4.78 is 1.03. The molecule has 0 spiro atoms. The van der Waals surface area contributed by atoms with Crippen molar-refractivity contribution in [1.29, 1.82) is 0 Å². The van der Waals surface area contributed by atoms with Crippen LogP contribution >= 0.6 is 15.9 Å². The summed E-state index contributed by atoms with van der Waals surface area (Å²) in [6, 6.07) is 7.94. The summed E-state index contributed by atoms with van der Waals surface area (Å²) in [4.78, 5) is 0. The standard InChI is InChI=1S/C12H15BrO/c1-12(2)7-10(12)11(14)8-4-3-5-9(13)6-8/h3-6,10-11,14H,7H2,1-2H3. The van der Waals surface area contributed by atoms with Crippen LogP contribution in [-0.4, -0.2) is 5.11 Å². The molecular weight excluding hydrogens is 240 g/mol. The van der Waals surface area contributed by atoms with Crippen molar-refractivity contribution in [3.63, 3.8) is 0 Å². The van der Waals surface area contributed by atoms with Crippen LogP contribution in [0.3, 0.4) is 0 Å². The van der Waals surface area contributed by atoms with Crippen molar-refractivity contribution in [2.75, 3.05) is 0 Å². The molecule has 0 amide bonds. The highest BCUT2D eigenvalue weighted by molar-refractivity contribution is 9.10. The molecule has 0 bridgehead atoms. The first-order chi connectivity index (χ1) is 6.50. The fraction of sp³-hybridized carbons (Fsp3) is 0.500. The first kappa shape index (κ1) is 10.2. The smallest absolute Gasteiger partial charge is 0.0823 e. The van der Waals surface area contributed by atoms with Gasteiger partial charge in [-0.15, -0.1) is 0 Å². The van der Waals surface area contributed by atoms with E-state index in [4.69, 9.17) is 0 Å². The number of benzene rings is 1. The molecule has 1 aromatic carbocycles. The summed E-state index contributed by atoms with van der Waals surface area (Å²) in [6.45, 7) is 4.41. The van der Waals surface area contributed by atoms with Gasteiger partial charge in [0.1, 0.15) is 0 Å². The van der Waals surface area contributed by atoms with E-state index >= 15 is 0 Å². The zero-order valence-corrected chi connectivity index (χ0v) is 10.1. The Kier molecular flexibility index (Phi) is 2.44. The highest BCUT2D eigenvalue weighted by Gasteiger charge is 2.50. The van der Waals surface area contributed by atoms with Gasteiger partial charge in [-0.3, -0.25) is 0 Å². The molecule has 0 radical (unpaired) electrons. The van der Waals surface area contributed by atoms with E-state index in [0.29, 0.717) is 11.3 Å². The number of halogens is 1. The lowest BCUT2D eigenvalue weighted by Crippen LogP contribution is -2.04. The molecule has 0 aromatic heterocycles. The van der Waals surface area contributed by atoms with E-state index in [9.17, 15) is 5.11 Å². The second-order valence-corrected chi connectivity index (χ2v) is 5.71. The Labute approximate surface area is 93.3 Å². The third-order valence-corrected chi connectivity index (χ3v) is 3.65. The molecule has 1 aliphatic rings. The molecule has 1 nitrogen and oxygen atoms in total. The predicted molar refractivity (Wildman–Crippen MR) is 61.0 cm³/mol. The van der Waals surface area contributed by atoms with Crippen LogP contribution in [0, 0.1) is 11.3 Å². The van der Waals surface area contributed by atoms with Gasteiger partial charge in [0.2, 0.25) is 0 Å². The molecule has 2 heteroatoms. The maximum atomic E-state index is 10.1. The molecule has 1 aromatic rings. The molecule has 2 atom stereocenters. The van der Waals surface area contributed by atoms with Gasteiger partial charge >= 0.3 is 0 Å². The minimum Gasteiger partial charge on any atom is -0.388 e. The van der Waals surface area contributed by atoms with Crippen molar-refractivity contribution in [1.82, 2.24) is 0 Å². The van der Waals surface area contributed by atoms with E-state index in [1.54, 1.807) is 0 Å². The molecule has 1 aliphatic carbocycles. The fourth-order valence-electron chi connectivity index (χ4n) is 1.97. The molecule has 14 heavy (non-hydrogen) atoms. The Morgan fingerprint density at radius 3 is 2.64 bits per heavy atom. The van der Waals surface area contributed by atoms with Crippen LogP contribution in [0.2, 0.25) is 0 Å². The molecule has 76 valence electrons. The summed E-state index contributed by atoms with van der Waals surface area (Å²) in [7, 11) is 0. The van der Waals surface area contributed by atoms with Crippen molar-refractivity contribution in [2.45, 2.75) is 26.4 Å². The molecule has 2 rings (SSSR count). The predicted octanol–water partition coefficient (Wildman–Crippen LogP) is 3.53. The van der Waals surface area contributed by atoms with E-state index in [1.165, 1.54) is 0 Å². The first-order valence-corrected chi connectivity index (χ1v) is 5.73. The molecule has 2 unspecified atom stereocenters. The molecule has 1 saturated carbocycles. The van der Waals surface area contributed by atoms with Gasteiger partial charge in [0.15, 0.2) is 0 Å². The van der Waals surface area contributed by atoms with E-state index < -0.39 is 0 Å². The third-order valence-electron chi connectivity index (χ3n) is 3.16. The lowest BCUT2D eigenvalue weighted by atomic mass is 10.00. The Morgan fingerprint density at radius 1 is 1.50 bits per heavy atom. The SMILES string of the molecule is CC1(C)CC1C(O)c1cccc(Br)c1. The van der Waals surface area contributed by atoms with Crippen LogP contribution in [0.15, 0.2) is 28.7 Å². The van der Waals surface area contributed by atoms with Crippen molar-refractivity contribution in [2.24, 2.45) is 11.3 Å². The largest absolute Gasteiger partial charge is 0.388 e. The van der Waals surface area contributed by atoms with Crippen LogP contribution in [0.25, 0.3) is 0 Å². The minimum absolute atomic E-state index is 0.303. The normalized spacial score (nSPS) is 25.9. The van der Waals surface area contributed by atoms with E-state index in [-0.39, 0.29) is 6.10 Å². The zero-order valence-electron chi connectivity index (χ0n) is 8.50. The van der Waals surface area contributed by atoms with Crippen LogP contribution in [-0.2, 0) is 0 Å². The van der Waals surface area contributed by atoms with Crippen LogP contribution < -0.4 is 0 Å². The molecule has 1 N–H and O–H groups in total. The quantitative estimate of drug-likeness (QED) is 0.857. The molecule has 0 heterocycles. The van der Waals surface area contributed by atoms with Crippen molar-refractivity contribution in [3.8, 4) is 0 Å². The summed E-state index contributed by atoms with van der Waals surface area (Å²) in [5.41, 5.74) is 1.34. The van der Waals surface area contributed by atoms with Crippen molar-refractivity contribution >= 4 is 15.9 Å². The maximum absolute atomic E-state index is 10.1. The second kappa shape index (κ2) is 3.35. The first-order valence-electron chi connectivity index (χ1n) is 4.94. The fourth-order valence-corrected chi connectivity index (χ4v) is 2.39. The Morgan fingerprint density at radius 2 is 2.14 bits per heavy atom. The number of rotatable bonds is 2. The van der Waals surface area contributed by atoms with Gasteiger partial charge in [0, 0.05) is 4.47 Å². The third kappa shape index (κ3) is 1.86. The lowest BCUT2D eigenvalue weighted by molar-refractivity contribution is 0.138. The number of aliphatic hydroxyl groups is 1. The number of hydrogen-bond acceptors (Lipinski definition) is 1. The lowest BCUT2D eigenvalue weighted by Gasteiger charge is -2.12. The van der Waals surface area contributed by atoms with Crippen molar-refractivity contribution < 1.29 is 5.11 Å². The van der Waals surface area contributed by atoms with E-state index in [1.807, 2.05) is 24.3 Å². The average Bonchev–Trinajstić information content (AvgIpc) is 2.74. The maximum Gasteiger partial charge on any atom is 0.0823 e. The minimum atomic E-state index is -0.303. The van der Waals surface area contributed by atoms with Gasteiger partial charge in [0.25, 0.3) is 0 Å². The molecule has 0 aliphatic heterocycles. The summed E-state index contributed by atoms with van der Waals surface area (Å²) in [6.07, 6.45) is 0.822. The van der Waals surface area contributed by atoms with Gasteiger partial charge < -0.3 is 5.11 Å². The molecule has 0 saturated heterocycles. The van der Waals surface area contributed by atoms with Crippen molar-refractivity contribution in [3.05, 3.63) is 34.3 Å². The van der Waals surface area contributed by atoms with Crippen LogP contribution in [0.4, 0.5) is 0 Å². The van der Waals surface area contributed by atoms with Gasteiger partial charge in [-0.25, -0.2) is 0 Å². The topological polar surface area (TPSA) is 20.2 Å². The summed E-state index contributed by atoms with van der Waals surface area (Å²) in [5, 5.41) is 10.1. The van der Waals surface area contributed by atoms with Gasteiger partial charge in [-0.2, -0.15) is 0 Å². The van der Waals surface area contributed by atoms with Crippen LogP contribution in [0.5, 0.6) is 0 Å². The monoisotopic (exact) mass is 254 g/mol. The summed E-state index contributed by atoms with van der Waals surface area (Å²) >= 11 is 3.42. The van der Waals surface area contributed by atoms with E-state index in [2.05, 4.69) is 29.8 Å². The Hall–Kier alpha value is -0.340. The Balaban J connectivity index is 2.16. The number of hydrogen-bond donors (Lipinski definition) is 1. The van der Waals surface area contributed by atoms with Gasteiger partial charge in [-0.1, -0.05) is 41.9 Å². The van der Waals surface area contributed by atoms with Gasteiger partial charge in [0.05, 0.1) is 6.10 Å². The molecular formula is C12H15BrO. The Bertz CT molecular complexity index is 346. The number of aliphatic hydroxyl groups excluding tert-OH is 1.